The van der Waals surface area contributed by atoms with Gasteiger partial charge < -0.3 is 5.32 Å². The van der Waals surface area contributed by atoms with Gasteiger partial charge in [0, 0.05) is 23.8 Å². The molecular formula is C17H27NO2. The number of hydrogen-bond acceptors (Lipinski definition) is 2. The van der Waals surface area contributed by atoms with Crippen LogP contribution in [-0.4, -0.2) is 17.7 Å². The molecule has 3 rings (SSSR count). The van der Waals surface area contributed by atoms with Gasteiger partial charge in [0.25, 0.3) is 0 Å². The molecule has 0 aromatic carbocycles. The standard InChI is InChI=1S/C17H27NO2/c1-11-5-7-15(8-6-11)18-17(20)14-9-12-3-2-4-13(10-14)16(12)19/h11-15H,2-10H2,1H3,(H,18,20)/t11?,12-,13+,14?,15?. The van der Waals surface area contributed by atoms with Crippen LogP contribution in [0.5, 0.6) is 0 Å². The molecule has 3 aliphatic rings. The Morgan fingerprint density at radius 2 is 1.60 bits per heavy atom. The minimum atomic E-state index is 0.0994. The second kappa shape index (κ2) is 5.87. The zero-order chi connectivity index (χ0) is 14.1. The molecule has 3 aliphatic carbocycles. The summed E-state index contributed by atoms with van der Waals surface area (Å²) in [5, 5.41) is 3.26. The van der Waals surface area contributed by atoms with Crippen LogP contribution in [0.25, 0.3) is 0 Å². The van der Waals surface area contributed by atoms with Gasteiger partial charge in [-0.25, -0.2) is 0 Å². The normalized spacial score (nSPS) is 41.2. The molecule has 3 saturated carbocycles. The number of rotatable bonds is 2. The number of nitrogens with one attached hydrogen (secondary N) is 1. The van der Waals surface area contributed by atoms with Crippen LogP contribution in [0.4, 0.5) is 0 Å². The SMILES string of the molecule is CC1CCC(NC(=O)C2C[C@H]3CCC[C@@H](C2)C3=O)CC1. The molecule has 112 valence electrons. The molecule has 3 heteroatoms. The number of ketones is 1. The molecule has 1 N–H and O–H groups in total. The van der Waals surface area contributed by atoms with Crippen LogP contribution in [0.15, 0.2) is 0 Å². The summed E-state index contributed by atoms with van der Waals surface area (Å²) >= 11 is 0. The summed E-state index contributed by atoms with van der Waals surface area (Å²) in [4.78, 5) is 24.5. The van der Waals surface area contributed by atoms with Crippen molar-refractivity contribution < 1.29 is 9.59 Å². The second-order valence-corrected chi connectivity index (χ2v) is 7.36. The van der Waals surface area contributed by atoms with Crippen molar-refractivity contribution in [3.63, 3.8) is 0 Å². The van der Waals surface area contributed by atoms with E-state index in [1.165, 1.54) is 19.3 Å². The van der Waals surface area contributed by atoms with E-state index >= 15 is 0 Å². The van der Waals surface area contributed by atoms with Gasteiger partial charge in [0.05, 0.1) is 0 Å². The highest BCUT2D eigenvalue weighted by Gasteiger charge is 2.41. The van der Waals surface area contributed by atoms with Crippen LogP contribution in [0, 0.1) is 23.7 Å². The Balaban J connectivity index is 1.54. The second-order valence-electron chi connectivity index (χ2n) is 7.36. The topological polar surface area (TPSA) is 46.2 Å². The largest absolute Gasteiger partial charge is 0.353 e. The Kier molecular flexibility index (Phi) is 4.13. The molecule has 0 aromatic heterocycles. The van der Waals surface area contributed by atoms with Gasteiger partial charge in [-0.05, 0) is 57.3 Å². The number of fused-ring (bicyclic) bond motifs is 2. The molecule has 0 radical (unpaired) electrons. The molecule has 3 nitrogen and oxygen atoms in total. The van der Waals surface area contributed by atoms with Crippen molar-refractivity contribution in [3.05, 3.63) is 0 Å². The highest BCUT2D eigenvalue weighted by atomic mass is 16.2. The first-order chi connectivity index (χ1) is 9.63. The fourth-order valence-electron chi connectivity index (χ4n) is 4.42. The van der Waals surface area contributed by atoms with Crippen molar-refractivity contribution in [3.8, 4) is 0 Å². The highest BCUT2D eigenvalue weighted by Crippen LogP contribution is 2.40. The third-order valence-corrected chi connectivity index (χ3v) is 5.78. The predicted octanol–water partition coefficient (Wildman–Crippen LogP) is 3.08. The summed E-state index contributed by atoms with van der Waals surface area (Å²) in [6.07, 6.45) is 9.56. The number of Topliss-reactive ketones (excluding diaryl/α,β-unsaturated/α-hetero) is 1. The maximum atomic E-state index is 12.5. The van der Waals surface area contributed by atoms with Crippen molar-refractivity contribution in [2.45, 2.75) is 70.8 Å². The summed E-state index contributed by atoms with van der Waals surface area (Å²) in [7, 11) is 0. The molecule has 3 atom stereocenters. The van der Waals surface area contributed by atoms with E-state index in [0.29, 0.717) is 11.8 Å². The Labute approximate surface area is 121 Å². The van der Waals surface area contributed by atoms with Crippen molar-refractivity contribution in [1.29, 1.82) is 0 Å². The van der Waals surface area contributed by atoms with E-state index in [4.69, 9.17) is 0 Å². The third-order valence-electron chi connectivity index (χ3n) is 5.78. The van der Waals surface area contributed by atoms with E-state index in [1.807, 2.05) is 0 Å². The van der Waals surface area contributed by atoms with Gasteiger partial charge in [-0.2, -0.15) is 0 Å². The number of carbonyl (C=O) groups excluding carboxylic acids is 2. The number of carbonyl (C=O) groups is 2. The minimum absolute atomic E-state index is 0.0994. The van der Waals surface area contributed by atoms with Crippen molar-refractivity contribution in [2.75, 3.05) is 0 Å². The summed E-state index contributed by atoms with van der Waals surface area (Å²) in [5.41, 5.74) is 0. The van der Waals surface area contributed by atoms with Gasteiger partial charge in [-0.3, -0.25) is 9.59 Å². The molecule has 3 fully saturated rings. The van der Waals surface area contributed by atoms with Gasteiger partial charge in [0.2, 0.25) is 5.91 Å². The zero-order valence-electron chi connectivity index (χ0n) is 12.6. The average molecular weight is 277 g/mol. The minimum Gasteiger partial charge on any atom is -0.353 e. The van der Waals surface area contributed by atoms with E-state index in [0.717, 1.165) is 44.4 Å². The van der Waals surface area contributed by atoms with Gasteiger partial charge in [0.15, 0.2) is 0 Å². The maximum Gasteiger partial charge on any atom is 0.223 e. The van der Waals surface area contributed by atoms with E-state index in [2.05, 4.69) is 12.2 Å². The highest BCUT2D eigenvalue weighted by molar-refractivity contribution is 5.88. The fraction of sp³-hybridized carbons (Fsp3) is 0.882. The Morgan fingerprint density at radius 1 is 1.00 bits per heavy atom. The van der Waals surface area contributed by atoms with Gasteiger partial charge in [0.1, 0.15) is 5.78 Å². The Bertz CT molecular complexity index is 368. The quantitative estimate of drug-likeness (QED) is 0.843. The molecule has 1 amide bonds. The molecule has 0 spiro atoms. The molecule has 20 heavy (non-hydrogen) atoms. The maximum absolute atomic E-state index is 12.5. The van der Waals surface area contributed by atoms with Gasteiger partial charge in [-0.15, -0.1) is 0 Å². The van der Waals surface area contributed by atoms with Crippen LogP contribution in [0.1, 0.15) is 64.7 Å². The molecule has 0 aliphatic heterocycles. The molecule has 0 heterocycles. The number of amides is 1. The summed E-state index contributed by atoms with van der Waals surface area (Å²) in [6, 6.07) is 0.385. The van der Waals surface area contributed by atoms with Gasteiger partial charge >= 0.3 is 0 Å². The van der Waals surface area contributed by atoms with Crippen LogP contribution in [0.3, 0.4) is 0 Å². The summed E-state index contributed by atoms with van der Waals surface area (Å²) in [6.45, 7) is 2.30. The van der Waals surface area contributed by atoms with Crippen LogP contribution < -0.4 is 5.32 Å². The Hall–Kier alpha value is -0.860. The molecule has 2 bridgehead atoms. The lowest BCUT2D eigenvalue weighted by molar-refractivity contribution is -0.138. The van der Waals surface area contributed by atoms with Crippen molar-refractivity contribution in [2.24, 2.45) is 23.7 Å². The Morgan fingerprint density at radius 3 is 2.20 bits per heavy atom. The molecule has 0 aromatic rings. The average Bonchev–Trinajstić information content (AvgIpc) is 2.41. The lowest BCUT2D eigenvalue weighted by atomic mass is 9.67. The first-order valence-corrected chi connectivity index (χ1v) is 8.47. The van der Waals surface area contributed by atoms with Crippen molar-refractivity contribution in [1.82, 2.24) is 5.32 Å². The van der Waals surface area contributed by atoms with Gasteiger partial charge in [-0.1, -0.05) is 13.3 Å². The lowest BCUT2D eigenvalue weighted by Crippen LogP contribution is -2.46. The van der Waals surface area contributed by atoms with Crippen LogP contribution in [0.2, 0.25) is 0 Å². The van der Waals surface area contributed by atoms with E-state index in [9.17, 15) is 9.59 Å². The summed E-state index contributed by atoms with van der Waals surface area (Å²) in [5.74, 6) is 1.96. The number of hydrogen-bond donors (Lipinski definition) is 1. The smallest absolute Gasteiger partial charge is 0.223 e. The van der Waals surface area contributed by atoms with Crippen LogP contribution >= 0.6 is 0 Å². The first kappa shape index (κ1) is 14.1. The molecule has 0 saturated heterocycles. The first-order valence-electron chi connectivity index (χ1n) is 8.47. The molecule has 1 unspecified atom stereocenters. The lowest BCUT2D eigenvalue weighted by Gasteiger charge is -2.38. The van der Waals surface area contributed by atoms with E-state index in [-0.39, 0.29) is 23.7 Å². The fourth-order valence-corrected chi connectivity index (χ4v) is 4.42. The summed E-state index contributed by atoms with van der Waals surface area (Å²) < 4.78 is 0. The van der Waals surface area contributed by atoms with Crippen molar-refractivity contribution >= 4 is 11.7 Å². The van der Waals surface area contributed by atoms with E-state index in [1.54, 1.807) is 0 Å². The monoisotopic (exact) mass is 277 g/mol. The van der Waals surface area contributed by atoms with Crippen LogP contribution in [-0.2, 0) is 9.59 Å². The predicted molar refractivity (Wildman–Crippen MR) is 78.1 cm³/mol. The third kappa shape index (κ3) is 2.91. The van der Waals surface area contributed by atoms with E-state index < -0.39 is 0 Å². The molecular weight excluding hydrogens is 250 g/mol. The zero-order valence-corrected chi connectivity index (χ0v) is 12.6.